The third-order valence-electron chi connectivity index (χ3n) is 4.64. The van der Waals surface area contributed by atoms with E-state index in [0.717, 1.165) is 17.7 Å². The van der Waals surface area contributed by atoms with Crippen LogP contribution in [0.5, 0.6) is 0 Å². The number of carbonyl (C=O) groups excluding carboxylic acids is 2. The second-order valence-electron chi connectivity index (χ2n) is 6.67. The van der Waals surface area contributed by atoms with Crippen LogP contribution >= 0.6 is 11.3 Å². The molecule has 0 saturated heterocycles. The van der Waals surface area contributed by atoms with Crippen molar-refractivity contribution < 1.29 is 14.3 Å². The molecular weight excluding hydrogens is 348 g/mol. The zero-order chi connectivity index (χ0) is 18.7. The van der Waals surface area contributed by atoms with Crippen LogP contribution in [0.3, 0.4) is 0 Å². The Kier molecular flexibility index (Phi) is 5.71. The highest BCUT2D eigenvalue weighted by molar-refractivity contribution is 7.16. The van der Waals surface area contributed by atoms with Crippen LogP contribution in [0.4, 0.5) is 5.13 Å². The molecule has 3 rings (SSSR count). The minimum absolute atomic E-state index is 0.0704. The summed E-state index contributed by atoms with van der Waals surface area (Å²) in [5, 5.41) is 0.589. The number of anilines is 1. The maximum absolute atomic E-state index is 12.9. The van der Waals surface area contributed by atoms with E-state index in [4.69, 9.17) is 4.74 Å². The minimum atomic E-state index is -0.428. The molecule has 1 saturated carbocycles. The van der Waals surface area contributed by atoms with E-state index in [-0.39, 0.29) is 11.8 Å². The molecule has 1 aliphatic rings. The summed E-state index contributed by atoms with van der Waals surface area (Å²) < 4.78 is 5.07. The maximum atomic E-state index is 12.9. The summed E-state index contributed by atoms with van der Waals surface area (Å²) in [6, 6.07) is 10.1. The number of nitrogens with zero attached hydrogens (tertiary/aromatic N) is 2. The Hall–Kier alpha value is -2.21. The zero-order valence-electron chi connectivity index (χ0n) is 15.4. The predicted octanol–water partition coefficient (Wildman–Crippen LogP) is 3.86. The smallest absolute Gasteiger partial charge is 0.358 e. The van der Waals surface area contributed by atoms with E-state index >= 15 is 0 Å². The van der Waals surface area contributed by atoms with Gasteiger partial charge in [0.1, 0.15) is 0 Å². The van der Waals surface area contributed by atoms with Gasteiger partial charge in [-0.1, -0.05) is 37.3 Å². The van der Waals surface area contributed by atoms with Crippen molar-refractivity contribution in [3.63, 3.8) is 0 Å². The van der Waals surface area contributed by atoms with Gasteiger partial charge < -0.3 is 4.74 Å². The van der Waals surface area contributed by atoms with E-state index in [1.807, 2.05) is 25.1 Å². The molecule has 1 aromatic heterocycles. The molecule has 1 heterocycles. The molecule has 0 bridgehead atoms. The number of carbonyl (C=O) groups is 2. The monoisotopic (exact) mass is 372 g/mol. The van der Waals surface area contributed by atoms with Gasteiger partial charge in [0.25, 0.3) is 0 Å². The van der Waals surface area contributed by atoms with Crippen LogP contribution in [0.25, 0.3) is 0 Å². The Bertz CT molecular complexity index is 788. The minimum Gasteiger partial charge on any atom is -0.461 e. The Morgan fingerprint density at radius 3 is 2.62 bits per heavy atom. The van der Waals surface area contributed by atoms with Crippen molar-refractivity contribution in [2.75, 3.05) is 18.1 Å². The van der Waals surface area contributed by atoms with Crippen LogP contribution in [0.15, 0.2) is 30.3 Å². The molecular formula is C20H24N2O3S. The summed E-state index contributed by atoms with van der Waals surface area (Å²) in [6.45, 7) is 6.56. The second-order valence-corrected chi connectivity index (χ2v) is 7.85. The number of ether oxygens (including phenoxy) is 1. The van der Waals surface area contributed by atoms with Gasteiger partial charge in [0, 0.05) is 17.3 Å². The molecule has 2 aromatic rings. The lowest BCUT2D eigenvalue weighted by atomic mass is 10.1. The molecule has 2 atom stereocenters. The van der Waals surface area contributed by atoms with E-state index in [2.05, 4.69) is 24.0 Å². The molecule has 6 heteroatoms. The maximum Gasteiger partial charge on any atom is 0.358 e. The number of hydrogen-bond acceptors (Lipinski definition) is 5. The first-order valence-electron chi connectivity index (χ1n) is 9.01. The van der Waals surface area contributed by atoms with Crippen molar-refractivity contribution in [3.05, 3.63) is 46.5 Å². The first-order valence-corrected chi connectivity index (χ1v) is 9.82. The number of benzene rings is 1. The van der Waals surface area contributed by atoms with Crippen molar-refractivity contribution >= 4 is 28.3 Å². The van der Waals surface area contributed by atoms with Gasteiger partial charge in [0.15, 0.2) is 10.8 Å². The highest BCUT2D eigenvalue weighted by Crippen LogP contribution is 2.40. The molecule has 2 unspecified atom stereocenters. The SMILES string of the molecule is CCOC(=O)c1nc(N(CCc2ccccc2)C(=O)C2CC2C)sc1C. The van der Waals surface area contributed by atoms with Gasteiger partial charge >= 0.3 is 5.97 Å². The third kappa shape index (κ3) is 4.12. The van der Waals surface area contributed by atoms with Gasteiger partial charge in [-0.15, -0.1) is 11.3 Å². The van der Waals surface area contributed by atoms with Crippen molar-refractivity contribution in [2.24, 2.45) is 11.8 Å². The number of rotatable bonds is 7. The molecule has 5 nitrogen and oxygen atoms in total. The lowest BCUT2D eigenvalue weighted by molar-refractivity contribution is -0.120. The van der Waals surface area contributed by atoms with Crippen LogP contribution in [-0.2, 0) is 16.0 Å². The van der Waals surface area contributed by atoms with Gasteiger partial charge in [-0.05, 0) is 38.2 Å². The van der Waals surface area contributed by atoms with Gasteiger partial charge in [-0.25, -0.2) is 9.78 Å². The quantitative estimate of drug-likeness (QED) is 0.693. The van der Waals surface area contributed by atoms with E-state index < -0.39 is 5.97 Å². The Morgan fingerprint density at radius 1 is 1.31 bits per heavy atom. The molecule has 26 heavy (non-hydrogen) atoms. The Balaban J connectivity index is 1.82. The van der Waals surface area contributed by atoms with E-state index in [1.54, 1.807) is 11.8 Å². The second kappa shape index (κ2) is 7.99. The van der Waals surface area contributed by atoms with Gasteiger partial charge in [0.2, 0.25) is 5.91 Å². The average molecular weight is 372 g/mol. The normalized spacial score (nSPS) is 18.4. The summed E-state index contributed by atoms with van der Waals surface area (Å²) in [4.78, 5) is 32.0. The molecule has 138 valence electrons. The highest BCUT2D eigenvalue weighted by Gasteiger charge is 2.42. The van der Waals surface area contributed by atoms with Crippen molar-refractivity contribution in [3.8, 4) is 0 Å². The molecule has 0 N–H and O–H groups in total. The fourth-order valence-electron chi connectivity index (χ4n) is 2.94. The van der Waals surface area contributed by atoms with E-state index in [9.17, 15) is 9.59 Å². The number of aromatic nitrogens is 1. The fourth-order valence-corrected chi connectivity index (χ4v) is 3.87. The zero-order valence-corrected chi connectivity index (χ0v) is 16.2. The predicted molar refractivity (Wildman–Crippen MR) is 103 cm³/mol. The topological polar surface area (TPSA) is 59.5 Å². The number of esters is 1. The lowest BCUT2D eigenvalue weighted by Crippen LogP contribution is -2.34. The molecule has 1 aromatic carbocycles. The Labute approximate surface area is 158 Å². The summed E-state index contributed by atoms with van der Waals surface area (Å²) in [6.07, 6.45) is 1.68. The third-order valence-corrected chi connectivity index (χ3v) is 5.64. The summed E-state index contributed by atoms with van der Waals surface area (Å²) in [7, 11) is 0. The fraction of sp³-hybridized carbons (Fsp3) is 0.450. The van der Waals surface area contributed by atoms with E-state index in [0.29, 0.717) is 29.9 Å². The largest absolute Gasteiger partial charge is 0.461 e. The number of hydrogen-bond donors (Lipinski definition) is 0. The average Bonchev–Trinajstić information content (AvgIpc) is 3.24. The van der Waals surface area contributed by atoms with Crippen molar-refractivity contribution in [1.82, 2.24) is 4.98 Å². The first-order chi connectivity index (χ1) is 12.5. The summed E-state index contributed by atoms with van der Waals surface area (Å²) in [5.74, 6) is 0.175. The summed E-state index contributed by atoms with van der Waals surface area (Å²) in [5.41, 5.74) is 1.49. The summed E-state index contributed by atoms with van der Waals surface area (Å²) >= 11 is 1.38. The van der Waals surface area contributed by atoms with Crippen LogP contribution in [0, 0.1) is 18.8 Å². The standard InChI is InChI=1S/C20H24N2O3S/c1-4-25-19(24)17-14(3)26-20(21-17)22(18(23)16-12-13(16)2)11-10-15-8-6-5-7-9-15/h5-9,13,16H,4,10-12H2,1-3H3. The highest BCUT2D eigenvalue weighted by atomic mass is 32.1. The van der Waals surface area contributed by atoms with Gasteiger partial charge in [-0.3, -0.25) is 9.69 Å². The van der Waals surface area contributed by atoms with Crippen LogP contribution in [-0.4, -0.2) is 30.0 Å². The molecule has 1 amide bonds. The molecule has 0 radical (unpaired) electrons. The molecule has 0 aliphatic heterocycles. The Morgan fingerprint density at radius 2 is 2.00 bits per heavy atom. The van der Waals surface area contributed by atoms with Crippen molar-refractivity contribution in [2.45, 2.75) is 33.6 Å². The van der Waals surface area contributed by atoms with Crippen molar-refractivity contribution in [1.29, 1.82) is 0 Å². The number of aryl methyl sites for hydroxylation is 1. The lowest BCUT2D eigenvalue weighted by Gasteiger charge is -2.20. The number of amides is 1. The van der Waals surface area contributed by atoms with Crippen LogP contribution < -0.4 is 4.90 Å². The first kappa shape index (κ1) is 18.6. The molecule has 1 aliphatic carbocycles. The number of thiazole rings is 1. The molecule has 0 spiro atoms. The van der Waals surface area contributed by atoms with Gasteiger partial charge in [-0.2, -0.15) is 0 Å². The van der Waals surface area contributed by atoms with Gasteiger partial charge in [0.05, 0.1) is 6.61 Å². The van der Waals surface area contributed by atoms with Crippen LogP contribution in [0.1, 0.15) is 41.2 Å². The van der Waals surface area contributed by atoms with Crippen LogP contribution in [0.2, 0.25) is 0 Å². The van der Waals surface area contributed by atoms with E-state index in [1.165, 1.54) is 16.9 Å². The molecule has 1 fully saturated rings.